The second-order valence-electron chi connectivity index (χ2n) is 8.15. The summed E-state index contributed by atoms with van der Waals surface area (Å²) in [6.07, 6.45) is 5.81. The molecule has 0 saturated carbocycles. The number of sulfonamides is 1. The van der Waals surface area contributed by atoms with E-state index in [1.807, 2.05) is 6.07 Å². The Morgan fingerprint density at radius 3 is 2.59 bits per heavy atom. The number of anilines is 1. The molecule has 1 saturated heterocycles. The first-order chi connectivity index (χ1) is 16.3. The van der Waals surface area contributed by atoms with Gasteiger partial charge in [-0.15, -0.1) is 0 Å². The van der Waals surface area contributed by atoms with Gasteiger partial charge in [-0.2, -0.15) is 4.31 Å². The van der Waals surface area contributed by atoms with E-state index in [0.717, 1.165) is 24.8 Å². The van der Waals surface area contributed by atoms with Crippen LogP contribution in [0.1, 0.15) is 46.8 Å². The van der Waals surface area contributed by atoms with Crippen molar-refractivity contribution >= 4 is 27.3 Å². The highest BCUT2D eigenvalue weighted by molar-refractivity contribution is 7.89. The second kappa shape index (κ2) is 9.70. The Hall–Kier alpha value is -3.63. The molecule has 1 N–H and O–H groups in total. The van der Waals surface area contributed by atoms with Gasteiger partial charge in [0.05, 0.1) is 15.9 Å². The van der Waals surface area contributed by atoms with Gasteiger partial charge in [-0.1, -0.05) is 18.6 Å². The van der Waals surface area contributed by atoms with Crippen LogP contribution in [0.15, 0.2) is 71.9 Å². The summed E-state index contributed by atoms with van der Waals surface area (Å²) in [5.74, 6) is -0.522. The Labute approximate surface area is 197 Å². The lowest BCUT2D eigenvalue weighted by Crippen LogP contribution is -2.38. The molecule has 176 valence electrons. The predicted molar refractivity (Wildman–Crippen MR) is 127 cm³/mol. The van der Waals surface area contributed by atoms with E-state index in [0.29, 0.717) is 17.8 Å². The number of hydrogen-bond acceptors (Lipinski definition) is 6. The van der Waals surface area contributed by atoms with Crippen molar-refractivity contribution in [3.8, 4) is 0 Å². The van der Waals surface area contributed by atoms with Gasteiger partial charge in [0.25, 0.3) is 11.6 Å². The third-order valence-corrected chi connectivity index (χ3v) is 7.83. The number of rotatable bonds is 6. The monoisotopic (exact) mass is 480 g/mol. The number of nitrogens with zero attached hydrogens (tertiary/aromatic N) is 3. The van der Waals surface area contributed by atoms with E-state index in [2.05, 4.69) is 10.3 Å². The minimum atomic E-state index is -3.76. The molecule has 1 unspecified atom stereocenters. The zero-order valence-corrected chi connectivity index (χ0v) is 19.4. The van der Waals surface area contributed by atoms with E-state index in [1.54, 1.807) is 25.4 Å². The summed E-state index contributed by atoms with van der Waals surface area (Å²) in [6, 6.07) is 13.6. The van der Waals surface area contributed by atoms with Crippen molar-refractivity contribution in [3.05, 3.63) is 93.8 Å². The molecule has 2 heterocycles. The highest BCUT2D eigenvalue weighted by atomic mass is 32.2. The molecule has 1 aromatic heterocycles. The minimum Gasteiger partial charge on any atom is -0.322 e. The Morgan fingerprint density at radius 1 is 1.15 bits per heavy atom. The number of amides is 1. The number of aromatic nitrogens is 1. The smallest absolute Gasteiger partial charge is 0.273 e. The summed E-state index contributed by atoms with van der Waals surface area (Å²) in [5, 5.41) is 13.8. The van der Waals surface area contributed by atoms with Gasteiger partial charge in [0.15, 0.2) is 0 Å². The van der Waals surface area contributed by atoms with Crippen molar-refractivity contribution in [3.63, 3.8) is 0 Å². The highest BCUT2D eigenvalue weighted by Gasteiger charge is 2.34. The number of nitrogens with one attached hydrogen (secondary N) is 1. The predicted octanol–water partition coefficient (Wildman–Crippen LogP) is 4.47. The average molecular weight is 481 g/mol. The zero-order valence-electron chi connectivity index (χ0n) is 18.5. The molecule has 4 rings (SSSR count). The second-order valence-corrected chi connectivity index (χ2v) is 10.0. The van der Waals surface area contributed by atoms with Gasteiger partial charge in [-0.25, -0.2) is 8.42 Å². The SMILES string of the molecule is Cc1ccc(C(=O)Nc2ccc(S(=O)(=O)N3CCCCC3c3cccnc3)cc2)cc1[N+](=O)[O-]. The number of piperidine rings is 1. The first-order valence-electron chi connectivity index (χ1n) is 10.9. The van der Waals surface area contributed by atoms with Crippen LogP contribution in [-0.2, 0) is 10.0 Å². The van der Waals surface area contributed by atoms with Crippen molar-refractivity contribution in [2.45, 2.75) is 37.1 Å². The highest BCUT2D eigenvalue weighted by Crippen LogP contribution is 2.35. The van der Waals surface area contributed by atoms with Crippen molar-refractivity contribution in [2.24, 2.45) is 0 Å². The zero-order chi connectivity index (χ0) is 24.3. The summed E-state index contributed by atoms with van der Waals surface area (Å²) in [5.41, 5.74) is 1.70. The Bertz CT molecular complexity index is 1310. The van der Waals surface area contributed by atoms with Gasteiger partial charge in [-0.3, -0.25) is 19.9 Å². The molecule has 1 aliphatic rings. The van der Waals surface area contributed by atoms with E-state index in [9.17, 15) is 23.3 Å². The Kier molecular flexibility index (Phi) is 6.71. The Balaban J connectivity index is 1.53. The van der Waals surface area contributed by atoms with Crippen molar-refractivity contribution in [1.29, 1.82) is 0 Å². The molecule has 34 heavy (non-hydrogen) atoms. The fourth-order valence-corrected chi connectivity index (χ4v) is 5.78. The Morgan fingerprint density at radius 2 is 1.91 bits per heavy atom. The summed E-state index contributed by atoms with van der Waals surface area (Å²) in [7, 11) is -3.76. The van der Waals surface area contributed by atoms with Crippen LogP contribution in [0.5, 0.6) is 0 Å². The largest absolute Gasteiger partial charge is 0.322 e. The lowest BCUT2D eigenvalue weighted by Gasteiger charge is -2.34. The van der Waals surface area contributed by atoms with Gasteiger partial charge in [0.1, 0.15) is 0 Å². The number of carbonyl (C=O) groups excluding carboxylic acids is 1. The molecule has 2 aromatic carbocycles. The first-order valence-corrected chi connectivity index (χ1v) is 12.3. The molecule has 0 aliphatic carbocycles. The van der Waals surface area contributed by atoms with E-state index in [4.69, 9.17) is 0 Å². The number of hydrogen-bond donors (Lipinski definition) is 1. The van der Waals surface area contributed by atoms with Crippen LogP contribution in [0.4, 0.5) is 11.4 Å². The molecular weight excluding hydrogens is 456 g/mol. The minimum absolute atomic E-state index is 0.132. The van der Waals surface area contributed by atoms with Gasteiger partial charge >= 0.3 is 0 Å². The number of pyridine rings is 1. The van der Waals surface area contributed by atoms with Gasteiger partial charge in [0, 0.05) is 41.8 Å². The summed E-state index contributed by atoms with van der Waals surface area (Å²) in [4.78, 5) is 27.4. The molecule has 0 spiro atoms. The molecule has 3 aromatic rings. The van der Waals surface area contributed by atoms with Crippen molar-refractivity contribution in [2.75, 3.05) is 11.9 Å². The number of benzene rings is 2. The summed E-state index contributed by atoms with van der Waals surface area (Å²) >= 11 is 0. The summed E-state index contributed by atoms with van der Waals surface area (Å²) < 4.78 is 28.3. The van der Waals surface area contributed by atoms with Crippen LogP contribution < -0.4 is 5.32 Å². The molecule has 1 amide bonds. The fourth-order valence-electron chi connectivity index (χ4n) is 4.10. The molecule has 0 bridgehead atoms. The van der Waals surface area contributed by atoms with Crippen molar-refractivity contribution in [1.82, 2.24) is 9.29 Å². The molecule has 1 atom stereocenters. The number of carbonyl (C=O) groups is 1. The topological polar surface area (TPSA) is 123 Å². The lowest BCUT2D eigenvalue weighted by atomic mass is 9.99. The average Bonchev–Trinajstić information content (AvgIpc) is 2.85. The third kappa shape index (κ3) is 4.82. The van der Waals surface area contributed by atoms with Gasteiger partial charge in [0.2, 0.25) is 10.0 Å². The number of aryl methyl sites for hydroxylation is 1. The number of nitro benzene ring substituents is 1. The number of nitro groups is 1. The molecule has 1 aliphatic heterocycles. The first kappa shape index (κ1) is 23.5. The van der Waals surface area contributed by atoms with Crippen LogP contribution >= 0.6 is 0 Å². The maximum atomic E-state index is 13.4. The van der Waals surface area contributed by atoms with Crippen LogP contribution in [0, 0.1) is 17.0 Å². The summed E-state index contributed by atoms with van der Waals surface area (Å²) in [6.45, 7) is 2.02. The van der Waals surface area contributed by atoms with E-state index >= 15 is 0 Å². The normalized spacial score (nSPS) is 16.7. The van der Waals surface area contributed by atoms with Crippen molar-refractivity contribution < 1.29 is 18.1 Å². The standard InChI is InChI=1S/C24H24N4O5S/c1-17-7-8-18(15-23(17)28(30)31)24(29)26-20-9-11-21(12-10-20)34(32,33)27-14-3-2-6-22(27)19-5-4-13-25-16-19/h4-5,7-13,15-16,22H,2-3,6,14H2,1H3,(H,26,29). The van der Waals surface area contributed by atoms with Crippen LogP contribution in [0.2, 0.25) is 0 Å². The maximum Gasteiger partial charge on any atom is 0.273 e. The molecular formula is C24H24N4O5S. The molecule has 9 nitrogen and oxygen atoms in total. The lowest BCUT2D eigenvalue weighted by molar-refractivity contribution is -0.385. The molecule has 10 heteroatoms. The quantitative estimate of drug-likeness (QED) is 0.410. The van der Waals surface area contributed by atoms with E-state index in [-0.39, 0.29) is 22.2 Å². The van der Waals surface area contributed by atoms with E-state index < -0.39 is 20.9 Å². The van der Waals surface area contributed by atoms with E-state index in [1.165, 1.54) is 46.8 Å². The van der Waals surface area contributed by atoms with Gasteiger partial charge < -0.3 is 5.32 Å². The van der Waals surface area contributed by atoms with Gasteiger partial charge in [-0.05, 0) is 61.7 Å². The molecule has 0 radical (unpaired) electrons. The van der Waals surface area contributed by atoms with Crippen LogP contribution in [-0.4, -0.2) is 35.1 Å². The third-order valence-electron chi connectivity index (χ3n) is 5.91. The fraction of sp³-hybridized carbons (Fsp3) is 0.250. The van der Waals surface area contributed by atoms with Crippen LogP contribution in [0.3, 0.4) is 0 Å². The maximum absolute atomic E-state index is 13.4. The van der Waals surface area contributed by atoms with Crippen LogP contribution in [0.25, 0.3) is 0 Å². The molecule has 1 fully saturated rings.